The summed E-state index contributed by atoms with van der Waals surface area (Å²) in [5.74, 6) is 0.0266. The molecule has 2 N–H and O–H groups in total. The third kappa shape index (κ3) is 2.64. The van der Waals surface area contributed by atoms with Crippen molar-refractivity contribution < 1.29 is 4.79 Å². The number of hydrogen-bond acceptors (Lipinski definition) is 2. The van der Waals surface area contributed by atoms with Gasteiger partial charge in [-0.15, -0.1) is 0 Å². The number of benzene rings is 1. The Balaban J connectivity index is 1.91. The zero-order chi connectivity index (χ0) is 15.4. The average Bonchev–Trinajstić information content (AvgIpc) is 2.61. The third-order valence-corrected chi connectivity index (χ3v) is 5.23. The van der Waals surface area contributed by atoms with Gasteiger partial charge in [0.25, 0.3) is 5.91 Å². The SMILES string of the molecule is CC1(C)CC2CC(C)(CN2C(=O)c2cc(N)ccc2Cl)C1. The van der Waals surface area contributed by atoms with E-state index in [0.29, 0.717) is 27.7 Å². The van der Waals surface area contributed by atoms with Crippen molar-refractivity contribution in [1.82, 2.24) is 4.90 Å². The predicted octanol–water partition coefficient (Wildman–Crippen LogP) is 3.96. The fraction of sp³-hybridized carbons (Fsp3) is 0.588. The van der Waals surface area contributed by atoms with E-state index in [0.717, 1.165) is 19.4 Å². The van der Waals surface area contributed by atoms with Crippen molar-refractivity contribution in [2.75, 3.05) is 12.3 Å². The lowest BCUT2D eigenvalue weighted by Gasteiger charge is -2.39. The summed E-state index contributed by atoms with van der Waals surface area (Å²) in [5, 5.41) is 0.486. The van der Waals surface area contributed by atoms with Crippen LogP contribution in [-0.4, -0.2) is 23.4 Å². The largest absolute Gasteiger partial charge is 0.399 e. The van der Waals surface area contributed by atoms with E-state index in [1.54, 1.807) is 18.2 Å². The molecule has 1 amide bonds. The highest BCUT2D eigenvalue weighted by Gasteiger charge is 2.51. The van der Waals surface area contributed by atoms with Crippen LogP contribution in [0.1, 0.15) is 50.4 Å². The summed E-state index contributed by atoms with van der Waals surface area (Å²) in [5.41, 5.74) is 7.45. The molecule has 2 fully saturated rings. The molecule has 1 aromatic rings. The van der Waals surface area contributed by atoms with Gasteiger partial charge in [-0.25, -0.2) is 0 Å². The first-order valence-corrected chi connectivity index (χ1v) is 7.93. The topological polar surface area (TPSA) is 46.3 Å². The fourth-order valence-electron chi connectivity index (χ4n) is 4.56. The molecule has 1 heterocycles. The van der Waals surface area contributed by atoms with E-state index in [1.807, 2.05) is 4.90 Å². The van der Waals surface area contributed by atoms with Gasteiger partial charge in [-0.05, 0) is 48.3 Å². The standard InChI is InChI=1S/C17H23ClN2O/c1-16(2)7-12-8-17(3,9-16)10-20(12)15(21)13-6-11(19)4-5-14(13)18/h4-6,12H,7-10,19H2,1-3H3. The molecule has 1 aliphatic carbocycles. The second kappa shape index (κ2) is 4.64. The van der Waals surface area contributed by atoms with Crippen molar-refractivity contribution in [1.29, 1.82) is 0 Å². The van der Waals surface area contributed by atoms with E-state index in [4.69, 9.17) is 17.3 Å². The highest BCUT2D eigenvalue weighted by Crippen LogP contribution is 2.52. The van der Waals surface area contributed by atoms with Gasteiger partial charge in [-0.1, -0.05) is 32.4 Å². The Morgan fingerprint density at radius 3 is 2.76 bits per heavy atom. The Morgan fingerprint density at radius 2 is 2.05 bits per heavy atom. The van der Waals surface area contributed by atoms with Crippen LogP contribution in [0, 0.1) is 10.8 Å². The van der Waals surface area contributed by atoms with Gasteiger partial charge >= 0.3 is 0 Å². The summed E-state index contributed by atoms with van der Waals surface area (Å²) in [6, 6.07) is 5.45. The molecular weight excluding hydrogens is 284 g/mol. The number of nitrogens with two attached hydrogens (primary N) is 1. The van der Waals surface area contributed by atoms with Crippen LogP contribution >= 0.6 is 11.6 Å². The molecular formula is C17H23ClN2O. The highest BCUT2D eigenvalue weighted by molar-refractivity contribution is 6.34. The number of carbonyl (C=O) groups is 1. The number of carbonyl (C=O) groups excluding carboxylic acids is 1. The molecule has 1 aromatic carbocycles. The van der Waals surface area contributed by atoms with Gasteiger partial charge in [0.15, 0.2) is 0 Å². The van der Waals surface area contributed by atoms with Gasteiger partial charge in [0.2, 0.25) is 0 Å². The van der Waals surface area contributed by atoms with E-state index in [2.05, 4.69) is 20.8 Å². The van der Waals surface area contributed by atoms with Crippen molar-refractivity contribution in [3.8, 4) is 0 Å². The highest BCUT2D eigenvalue weighted by atomic mass is 35.5. The Morgan fingerprint density at radius 1 is 1.33 bits per heavy atom. The molecule has 0 spiro atoms. The molecule has 3 rings (SSSR count). The number of fused-ring (bicyclic) bond motifs is 2. The molecule has 2 bridgehead atoms. The van der Waals surface area contributed by atoms with E-state index in [1.165, 1.54) is 6.42 Å². The maximum absolute atomic E-state index is 12.9. The number of nitrogens with zero attached hydrogens (tertiary/aromatic N) is 1. The molecule has 2 atom stereocenters. The normalized spacial score (nSPS) is 30.5. The number of hydrogen-bond donors (Lipinski definition) is 1. The molecule has 0 radical (unpaired) electrons. The van der Waals surface area contributed by atoms with Gasteiger partial charge in [0.05, 0.1) is 10.6 Å². The number of nitrogen functional groups attached to an aromatic ring is 1. The molecule has 1 saturated carbocycles. The lowest BCUT2D eigenvalue weighted by Crippen LogP contribution is -2.37. The number of likely N-dealkylation sites (tertiary alicyclic amines) is 1. The smallest absolute Gasteiger partial charge is 0.255 e. The summed E-state index contributed by atoms with van der Waals surface area (Å²) in [6.07, 6.45) is 3.33. The van der Waals surface area contributed by atoms with Gasteiger partial charge in [-0.3, -0.25) is 4.79 Å². The second-order valence-corrected chi connectivity index (χ2v) is 8.29. The van der Waals surface area contributed by atoms with Crippen LogP contribution in [0.2, 0.25) is 5.02 Å². The summed E-state index contributed by atoms with van der Waals surface area (Å²) in [7, 11) is 0. The zero-order valence-electron chi connectivity index (χ0n) is 12.9. The Bertz CT molecular complexity index is 598. The second-order valence-electron chi connectivity index (χ2n) is 7.89. The quantitative estimate of drug-likeness (QED) is 0.798. The van der Waals surface area contributed by atoms with Crippen LogP contribution in [0.25, 0.3) is 0 Å². The lowest BCUT2D eigenvalue weighted by molar-refractivity contribution is 0.0708. The van der Waals surface area contributed by atoms with Gasteiger partial charge in [-0.2, -0.15) is 0 Å². The zero-order valence-corrected chi connectivity index (χ0v) is 13.7. The van der Waals surface area contributed by atoms with E-state index < -0.39 is 0 Å². The Labute approximate surface area is 131 Å². The molecule has 114 valence electrons. The first kappa shape index (κ1) is 14.7. The molecule has 1 saturated heterocycles. The van der Waals surface area contributed by atoms with E-state index in [-0.39, 0.29) is 11.3 Å². The lowest BCUT2D eigenvalue weighted by atomic mass is 9.65. The molecule has 2 aliphatic rings. The van der Waals surface area contributed by atoms with Crippen LogP contribution in [-0.2, 0) is 0 Å². The van der Waals surface area contributed by atoms with E-state index in [9.17, 15) is 4.79 Å². The monoisotopic (exact) mass is 306 g/mol. The van der Waals surface area contributed by atoms with Crippen molar-refractivity contribution in [3.05, 3.63) is 28.8 Å². The maximum atomic E-state index is 12.9. The summed E-state index contributed by atoms with van der Waals surface area (Å²) in [4.78, 5) is 14.9. The number of rotatable bonds is 1. The molecule has 3 nitrogen and oxygen atoms in total. The number of anilines is 1. The third-order valence-electron chi connectivity index (χ3n) is 4.90. The number of amides is 1. The van der Waals surface area contributed by atoms with Crippen LogP contribution in [0.5, 0.6) is 0 Å². The molecule has 1 aliphatic heterocycles. The summed E-state index contributed by atoms with van der Waals surface area (Å²) >= 11 is 6.20. The van der Waals surface area contributed by atoms with Crippen molar-refractivity contribution >= 4 is 23.2 Å². The minimum Gasteiger partial charge on any atom is -0.399 e. The first-order valence-electron chi connectivity index (χ1n) is 7.55. The van der Waals surface area contributed by atoms with Crippen LogP contribution in [0.15, 0.2) is 18.2 Å². The van der Waals surface area contributed by atoms with Gasteiger partial charge < -0.3 is 10.6 Å². The Kier molecular flexibility index (Phi) is 3.25. The van der Waals surface area contributed by atoms with Gasteiger partial charge in [0.1, 0.15) is 0 Å². The predicted molar refractivity (Wildman–Crippen MR) is 86.4 cm³/mol. The van der Waals surface area contributed by atoms with Crippen LogP contribution in [0.3, 0.4) is 0 Å². The maximum Gasteiger partial charge on any atom is 0.255 e. The van der Waals surface area contributed by atoms with Crippen LogP contribution < -0.4 is 5.73 Å². The number of halogens is 1. The summed E-state index contributed by atoms with van der Waals surface area (Å²) < 4.78 is 0. The van der Waals surface area contributed by atoms with Crippen molar-refractivity contribution in [2.24, 2.45) is 10.8 Å². The Hall–Kier alpha value is -1.22. The fourth-order valence-corrected chi connectivity index (χ4v) is 4.76. The molecule has 21 heavy (non-hydrogen) atoms. The van der Waals surface area contributed by atoms with Crippen molar-refractivity contribution in [2.45, 2.75) is 46.1 Å². The molecule has 2 unspecified atom stereocenters. The van der Waals surface area contributed by atoms with Gasteiger partial charge in [0, 0.05) is 18.3 Å². The molecule has 4 heteroatoms. The van der Waals surface area contributed by atoms with Crippen LogP contribution in [0.4, 0.5) is 5.69 Å². The minimum absolute atomic E-state index is 0.0266. The minimum atomic E-state index is 0.0266. The average molecular weight is 307 g/mol. The summed E-state index contributed by atoms with van der Waals surface area (Å²) in [6.45, 7) is 7.73. The molecule has 0 aromatic heterocycles. The first-order chi connectivity index (χ1) is 9.69. The van der Waals surface area contributed by atoms with E-state index >= 15 is 0 Å². The van der Waals surface area contributed by atoms with Crippen molar-refractivity contribution in [3.63, 3.8) is 0 Å².